The first-order chi connectivity index (χ1) is 14.1. The van der Waals surface area contributed by atoms with Gasteiger partial charge in [0.1, 0.15) is 29.4 Å². The predicted molar refractivity (Wildman–Crippen MR) is 120 cm³/mol. The first-order valence-corrected chi connectivity index (χ1v) is 11.6. The molecule has 162 valence electrons. The number of phenols is 1. The van der Waals surface area contributed by atoms with Crippen molar-refractivity contribution in [2.75, 3.05) is 58.6 Å². The number of carbonyl (C=O) groups excluding carboxylic acids is 1. The number of aromatic hydroxyl groups is 1. The maximum Gasteiger partial charge on any atom is 0.129 e. The zero-order chi connectivity index (χ0) is 21.1. The Morgan fingerprint density at radius 3 is 2.72 bits per heavy atom. The minimum Gasteiger partial charge on any atom is -0.507 e. The Labute approximate surface area is 181 Å². The molecule has 2 aliphatic heterocycles. The molecule has 0 bridgehead atoms. The molecule has 0 saturated carbocycles. The summed E-state index contributed by atoms with van der Waals surface area (Å²) in [6.07, 6.45) is 0.750. The van der Waals surface area contributed by atoms with Gasteiger partial charge < -0.3 is 24.1 Å². The molecule has 1 fully saturated rings. The Morgan fingerprint density at radius 1 is 1.31 bits per heavy atom. The second kappa shape index (κ2) is 13.1. The largest absolute Gasteiger partial charge is 0.507 e. The Morgan fingerprint density at radius 2 is 2.07 bits per heavy atom. The molecule has 1 N–H and O–H groups in total. The van der Waals surface area contributed by atoms with Gasteiger partial charge in [-0.3, -0.25) is 9.89 Å². The molecule has 1 aromatic rings. The standard InChI is InChI=1S/C18H26N2O4S2.C2H4O/c1-20-5-10-25-18(20)15-12-26-17(19-15)14-4-3-13(11-16(14)21)24-9-8-23-7-6-22-2;1-2-3/h3-4,11,15,18,21H,5-10,12H2,1-2H3;2H,1H3/t15-,18+;/m0./s1. The van der Waals surface area contributed by atoms with Crippen molar-refractivity contribution in [3.8, 4) is 11.5 Å². The van der Waals surface area contributed by atoms with Crippen molar-refractivity contribution >= 4 is 34.9 Å². The maximum absolute atomic E-state index is 10.4. The number of hydrogen-bond acceptors (Lipinski definition) is 9. The molecule has 0 unspecified atom stereocenters. The van der Waals surface area contributed by atoms with Crippen LogP contribution in [0, 0.1) is 0 Å². The second-order valence-corrected chi connectivity index (χ2v) is 8.66. The molecule has 29 heavy (non-hydrogen) atoms. The molecule has 0 spiro atoms. The van der Waals surface area contributed by atoms with Crippen molar-refractivity contribution in [2.45, 2.75) is 18.3 Å². The highest BCUT2D eigenvalue weighted by atomic mass is 32.2. The van der Waals surface area contributed by atoms with Crippen molar-refractivity contribution in [1.82, 2.24) is 4.90 Å². The minimum atomic E-state index is 0.210. The number of carbonyl (C=O) groups is 1. The van der Waals surface area contributed by atoms with Crippen LogP contribution in [0.25, 0.3) is 0 Å². The molecule has 2 aliphatic rings. The molecular formula is C20H30N2O5S2. The number of hydrogen-bond donors (Lipinski definition) is 1. The van der Waals surface area contributed by atoms with E-state index in [1.54, 1.807) is 24.9 Å². The highest BCUT2D eigenvalue weighted by Gasteiger charge is 2.33. The number of aldehydes is 1. The molecular weight excluding hydrogens is 412 g/mol. The molecule has 0 amide bonds. The van der Waals surface area contributed by atoms with Crippen molar-refractivity contribution < 1.29 is 24.1 Å². The van der Waals surface area contributed by atoms with Gasteiger partial charge in [-0.05, 0) is 26.1 Å². The fraction of sp³-hybridized carbons (Fsp3) is 0.600. The highest BCUT2D eigenvalue weighted by Crippen LogP contribution is 2.36. The molecule has 2 atom stereocenters. The minimum absolute atomic E-state index is 0.210. The Hall–Kier alpha value is -1.26. The van der Waals surface area contributed by atoms with Crippen molar-refractivity contribution in [3.05, 3.63) is 23.8 Å². The molecule has 2 heterocycles. The number of phenolic OH excluding ortho intramolecular Hbond substituents is 1. The van der Waals surface area contributed by atoms with Gasteiger partial charge in [-0.25, -0.2) is 0 Å². The van der Waals surface area contributed by atoms with E-state index in [-0.39, 0.29) is 11.8 Å². The summed E-state index contributed by atoms with van der Waals surface area (Å²) in [6, 6.07) is 5.69. The first-order valence-electron chi connectivity index (χ1n) is 9.55. The third-order valence-corrected chi connectivity index (χ3v) is 6.84. The van der Waals surface area contributed by atoms with E-state index >= 15 is 0 Å². The quantitative estimate of drug-likeness (QED) is 0.462. The van der Waals surface area contributed by atoms with Crippen LogP contribution in [0.15, 0.2) is 23.2 Å². The van der Waals surface area contributed by atoms with Crippen LogP contribution in [0.5, 0.6) is 11.5 Å². The highest BCUT2D eigenvalue weighted by molar-refractivity contribution is 8.14. The third-order valence-electron chi connectivity index (χ3n) is 4.30. The molecule has 7 nitrogen and oxygen atoms in total. The summed E-state index contributed by atoms with van der Waals surface area (Å²) >= 11 is 3.69. The average Bonchev–Trinajstić information content (AvgIpc) is 3.34. The van der Waals surface area contributed by atoms with Gasteiger partial charge >= 0.3 is 0 Å². The van der Waals surface area contributed by atoms with Crippen molar-refractivity contribution in [3.63, 3.8) is 0 Å². The number of thioether (sulfide) groups is 2. The van der Waals surface area contributed by atoms with E-state index in [4.69, 9.17) is 24.0 Å². The number of benzene rings is 1. The molecule has 1 saturated heterocycles. The lowest BCUT2D eigenvalue weighted by molar-refractivity contribution is -0.106. The second-order valence-electron chi connectivity index (χ2n) is 6.42. The lowest BCUT2D eigenvalue weighted by Crippen LogP contribution is -2.33. The molecule has 1 aromatic carbocycles. The van der Waals surface area contributed by atoms with Crippen molar-refractivity contribution in [2.24, 2.45) is 4.99 Å². The predicted octanol–water partition coefficient (Wildman–Crippen LogP) is 2.51. The van der Waals surface area contributed by atoms with Crippen LogP contribution in [0.2, 0.25) is 0 Å². The van der Waals surface area contributed by atoms with Crippen molar-refractivity contribution in [1.29, 1.82) is 0 Å². The number of rotatable bonds is 9. The van der Waals surface area contributed by atoms with E-state index in [9.17, 15) is 5.11 Å². The Balaban J connectivity index is 0.000000941. The summed E-state index contributed by atoms with van der Waals surface area (Å²) in [6.45, 7) is 4.62. The van der Waals surface area contributed by atoms with Crippen LogP contribution in [-0.4, -0.2) is 91.4 Å². The van der Waals surface area contributed by atoms with E-state index in [1.165, 1.54) is 12.7 Å². The lowest BCUT2D eigenvalue weighted by Gasteiger charge is -2.21. The van der Waals surface area contributed by atoms with E-state index < -0.39 is 0 Å². The van der Waals surface area contributed by atoms with E-state index in [1.807, 2.05) is 23.9 Å². The summed E-state index contributed by atoms with van der Waals surface area (Å²) < 4.78 is 15.9. The molecule has 9 heteroatoms. The van der Waals surface area contributed by atoms with Gasteiger partial charge in [0.15, 0.2) is 0 Å². The fourth-order valence-corrected chi connectivity index (χ4v) is 5.52. The maximum atomic E-state index is 10.4. The fourth-order valence-electron chi connectivity index (χ4n) is 2.90. The van der Waals surface area contributed by atoms with E-state index in [0.29, 0.717) is 37.6 Å². The number of methoxy groups -OCH3 is 1. The topological polar surface area (TPSA) is 80.6 Å². The monoisotopic (exact) mass is 442 g/mol. The summed E-state index contributed by atoms with van der Waals surface area (Å²) in [7, 11) is 3.80. The Kier molecular flexibility index (Phi) is 10.9. The number of likely N-dealkylation sites (N-methyl/N-ethyl adjacent to an activating group) is 1. The van der Waals surface area contributed by atoms with E-state index in [2.05, 4.69) is 11.9 Å². The van der Waals surface area contributed by atoms with Crippen LogP contribution in [0.4, 0.5) is 0 Å². The SMILES string of the molecule is CC=O.COCCOCCOc1ccc(C2=N[C@H]([C@H]3SCCN3C)CS2)c(O)c1. The van der Waals surface area contributed by atoms with Gasteiger partial charge in [-0.15, -0.1) is 23.5 Å². The molecule has 0 aliphatic carbocycles. The van der Waals surface area contributed by atoms with Gasteiger partial charge in [0.2, 0.25) is 0 Å². The zero-order valence-electron chi connectivity index (χ0n) is 17.2. The van der Waals surface area contributed by atoms with Crippen LogP contribution in [0.1, 0.15) is 12.5 Å². The lowest BCUT2D eigenvalue weighted by atomic mass is 10.2. The number of aliphatic imine (C=N–C) groups is 1. The smallest absolute Gasteiger partial charge is 0.129 e. The number of ether oxygens (including phenoxy) is 3. The number of nitrogens with zero attached hydrogens (tertiary/aromatic N) is 2. The molecule has 0 radical (unpaired) electrons. The van der Waals surface area contributed by atoms with Gasteiger partial charge in [0.25, 0.3) is 0 Å². The van der Waals surface area contributed by atoms with Crippen LogP contribution < -0.4 is 4.74 Å². The average molecular weight is 443 g/mol. The summed E-state index contributed by atoms with van der Waals surface area (Å²) in [4.78, 5) is 16.0. The Bertz CT molecular complexity index is 674. The first kappa shape index (κ1) is 24.0. The normalized spacial score (nSPS) is 21.4. The van der Waals surface area contributed by atoms with Crippen LogP contribution in [0.3, 0.4) is 0 Å². The van der Waals surface area contributed by atoms with Gasteiger partial charge in [0.05, 0.1) is 31.2 Å². The molecule has 0 aromatic heterocycles. The van der Waals surface area contributed by atoms with Gasteiger partial charge in [-0.2, -0.15) is 0 Å². The van der Waals surface area contributed by atoms with Crippen LogP contribution in [-0.2, 0) is 14.3 Å². The zero-order valence-corrected chi connectivity index (χ0v) is 18.8. The van der Waals surface area contributed by atoms with E-state index in [0.717, 1.165) is 29.2 Å². The molecule has 3 rings (SSSR count). The van der Waals surface area contributed by atoms with Gasteiger partial charge in [-0.1, -0.05) is 0 Å². The summed E-state index contributed by atoms with van der Waals surface area (Å²) in [5.41, 5.74) is 0.784. The summed E-state index contributed by atoms with van der Waals surface area (Å²) in [5, 5.41) is 11.8. The third kappa shape index (κ3) is 7.49. The van der Waals surface area contributed by atoms with Crippen LogP contribution >= 0.6 is 23.5 Å². The van der Waals surface area contributed by atoms with Gasteiger partial charge in [0, 0.05) is 36.8 Å². The summed E-state index contributed by atoms with van der Waals surface area (Å²) in [5.74, 6) is 2.97.